The zero-order valence-corrected chi connectivity index (χ0v) is 24.7. The number of benzene rings is 1. The van der Waals surface area contributed by atoms with Gasteiger partial charge in [-0.25, -0.2) is 4.98 Å². The minimum absolute atomic E-state index is 0.202. The summed E-state index contributed by atoms with van der Waals surface area (Å²) in [5.74, 6) is 9.16. The molecule has 222 valence electrons. The van der Waals surface area contributed by atoms with Gasteiger partial charge in [-0.3, -0.25) is 34.1 Å². The lowest BCUT2D eigenvalue weighted by atomic mass is 9.53. The summed E-state index contributed by atoms with van der Waals surface area (Å²) in [6.45, 7) is 8.67. The molecule has 1 atom stereocenters. The first kappa shape index (κ1) is 27.8. The third kappa shape index (κ3) is 5.41. The summed E-state index contributed by atoms with van der Waals surface area (Å²) >= 11 is 0. The fourth-order valence-electron chi connectivity index (χ4n) is 8.98. The largest absolute Gasteiger partial charge is 0.310 e. The van der Waals surface area contributed by atoms with Crippen LogP contribution < -0.4 is 16.2 Å². The summed E-state index contributed by atoms with van der Waals surface area (Å²) in [7, 11) is 0. The molecule has 4 aliphatic carbocycles. The van der Waals surface area contributed by atoms with Crippen LogP contribution in [0.5, 0.6) is 0 Å². The Morgan fingerprint density at radius 1 is 1.00 bits per heavy atom. The Balaban J connectivity index is 0.953. The van der Waals surface area contributed by atoms with Crippen molar-refractivity contribution in [2.75, 3.05) is 45.8 Å². The maximum absolute atomic E-state index is 13.6. The van der Waals surface area contributed by atoms with E-state index in [0.29, 0.717) is 34.4 Å². The van der Waals surface area contributed by atoms with E-state index >= 15 is 0 Å². The molecule has 8 rings (SSSR count). The molecule has 2 amide bonds. The normalized spacial score (nSPS) is 31.3. The molecule has 4 bridgehead atoms. The molecular weight excluding hydrogens is 528 g/mol. The van der Waals surface area contributed by atoms with Gasteiger partial charge in [0.2, 0.25) is 11.8 Å². The van der Waals surface area contributed by atoms with Gasteiger partial charge >= 0.3 is 0 Å². The highest BCUT2D eigenvalue weighted by molar-refractivity contribution is 5.99. The molecule has 2 N–H and O–H groups in total. The van der Waals surface area contributed by atoms with Crippen LogP contribution in [0.1, 0.15) is 68.8 Å². The first-order valence-corrected chi connectivity index (χ1v) is 15.9. The number of imide groups is 1. The number of hydrogen-bond donors (Lipinski definition) is 2. The summed E-state index contributed by atoms with van der Waals surface area (Å²) in [6, 6.07) is 4.77. The van der Waals surface area contributed by atoms with E-state index in [1.165, 1.54) is 43.1 Å². The van der Waals surface area contributed by atoms with E-state index in [-0.39, 0.29) is 24.3 Å². The van der Waals surface area contributed by atoms with Gasteiger partial charge in [0, 0.05) is 56.8 Å². The molecule has 2 aromatic rings. The van der Waals surface area contributed by atoms with E-state index in [1.807, 2.05) is 12.1 Å². The lowest BCUT2D eigenvalue weighted by molar-refractivity contribution is -0.135. The van der Waals surface area contributed by atoms with Gasteiger partial charge in [-0.15, -0.1) is 0 Å². The topological polar surface area (TPSA) is 99.6 Å². The molecule has 0 radical (unpaired) electrons. The summed E-state index contributed by atoms with van der Waals surface area (Å²) in [4.78, 5) is 47.4. The third-order valence-corrected chi connectivity index (χ3v) is 10.6. The zero-order chi connectivity index (χ0) is 28.8. The van der Waals surface area contributed by atoms with Gasteiger partial charge in [0.05, 0.1) is 17.4 Å². The fraction of sp³-hybridized carbons (Fsp3) is 0.636. The molecule has 9 heteroatoms. The molecule has 6 aliphatic rings. The number of fused-ring (bicyclic) bond motifs is 1. The summed E-state index contributed by atoms with van der Waals surface area (Å²) in [6.07, 6.45) is 9.17. The maximum atomic E-state index is 13.6. The second-order valence-corrected chi connectivity index (χ2v) is 13.5. The molecule has 2 aliphatic heterocycles. The number of rotatable bonds is 6. The number of piperazine rings is 1. The number of amides is 2. The SMILES string of the molecule is Cc1nc2cccc(C#CCN3CCN(CCNC45CC6CC(CC(C6)C4)C5)CC3)c2c(=O)n1C1CCC(=O)NC1=O. The Bertz CT molecular complexity index is 1480. The van der Waals surface area contributed by atoms with Gasteiger partial charge in [0.25, 0.3) is 5.56 Å². The van der Waals surface area contributed by atoms with Crippen LogP contribution in [0.4, 0.5) is 0 Å². The zero-order valence-electron chi connectivity index (χ0n) is 24.7. The van der Waals surface area contributed by atoms with E-state index < -0.39 is 11.9 Å². The van der Waals surface area contributed by atoms with Gasteiger partial charge in [0.15, 0.2) is 0 Å². The molecule has 3 heterocycles. The van der Waals surface area contributed by atoms with Crippen LogP contribution in [-0.4, -0.2) is 82.5 Å². The number of aryl methyl sites for hydroxylation is 1. The van der Waals surface area contributed by atoms with Crippen LogP contribution in [0.2, 0.25) is 0 Å². The Morgan fingerprint density at radius 2 is 1.69 bits per heavy atom. The molecule has 1 aromatic heterocycles. The summed E-state index contributed by atoms with van der Waals surface area (Å²) < 4.78 is 1.42. The lowest BCUT2D eigenvalue weighted by Crippen LogP contribution is -2.59. The van der Waals surface area contributed by atoms with Gasteiger partial charge < -0.3 is 5.32 Å². The van der Waals surface area contributed by atoms with Gasteiger partial charge in [0.1, 0.15) is 11.9 Å². The predicted octanol–water partition coefficient (Wildman–Crippen LogP) is 2.21. The number of nitrogens with one attached hydrogen (secondary N) is 2. The average molecular weight is 571 g/mol. The summed E-state index contributed by atoms with van der Waals surface area (Å²) in [5.41, 5.74) is 1.35. The van der Waals surface area contributed by atoms with Crippen LogP contribution in [-0.2, 0) is 9.59 Å². The van der Waals surface area contributed by atoms with Crippen LogP contribution in [0.25, 0.3) is 10.9 Å². The summed E-state index contributed by atoms with van der Waals surface area (Å²) in [5, 5.41) is 6.82. The Kier molecular flexibility index (Phi) is 7.41. The second kappa shape index (κ2) is 11.2. The van der Waals surface area contributed by atoms with Crippen molar-refractivity contribution in [1.29, 1.82) is 0 Å². The molecule has 4 saturated carbocycles. The Morgan fingerprint density at radius 3 is 2.38 bits per heavy atom. The number of carbonyl (C=O) groups excluding carboxylic acids is 2. The van der Waals surface area contributed by atoms with Crippen LogP contribution in [0.3, 0.4) is 0 Å². The molecule has 2 saturated heterocycles. The number of nitrogens with zero attached hydrogens (tertiary/aromatic N) is 4. The Labute approximate surface area is 247 Å². The fourth-order valence-corrected chi connectivity index (χ4v) is 8.98. The van der Waals surface area contributed by atoms with Crippen LogP contribution in [0, 0.1) is 36.5 Å². The van der Waals surface area contributed by atoms with Crippen molar-refractivity contribution in [2.45, 2.75) is 69.9 Å². The van der Waals surface area contributed by atoms with E-state index in [1.54, 1.807) is 13.0 Å². The first-order chi connectivity index (χ1) is 20.4. The number of carbonyl (C=O) groups is 2. The van der Waals surface area contributed by atoms with Gasteiger partial charge in [-0.1, -0.05) is 17.9 Å². The van der Waals surface area contributed by atoms with Crippen molar-refractivity contribution in [2.24, 2.45) is 17.8 Å². The molecular formula is C33H42N6O3. The van der Waals surface area contributed by atoms with Crippen molar-refractivity contribution in [3.8, 4) is 11.8 Å². The van der Waals surface area contributed by atoms with Gasteiger partial charge in [-0.2, -0.15) is 0 Å². The second-order valence-electron chi connectivity index (χ2n) is 13.5. The minimum atomic E-state index is -0.743. The number of piperidine rings is 1. The van der Waals surface area contributed by atoms with Crippen LogP contribution in [0.15, 0.2) is 23.0 Å². The van der Waals surface area contributed by atoms with E-state index in [4.69, 9.17) is 0 Å². The molecule has 42 heavy (non-hydrogen) atoms. The van der Waals surface area contributed by atoms with Crippen molar-refractivity contribution < 1.29 is 9.59 Å². The third-order valence-electron chi connectivity index (χ3n) is 10.6. The molecule has 0 spiro atoms. The number of hydrogen-bond acceptors (Lipinski definition) is 7. The van der Waals surface area contributed by atoms with E-state index in [9.17, 15) is 14.4 Å². The van der Waals surface area contributed by atoms with E-state index in [0.717, 1.165) is 57.0 Å². The highest BCUT2D eigenvalue weighted by Gasteiger charge is 2.50. The molecule has 1 aromatic carbocycles. The van der Waals surface area contributed by atoms with Crippen molar-refractivity contribution in [3.05, 3.63) is 39.9 Å². The standard InChI is InChI=1S/C33H42N6O3/c1-22-35-27-6-2-4-26(30(27)32(42)39(22)28-7-8-29(40)36-31(28)41)5-3-10-37-12-14-38(15-13-37)11-9-34-33-19-23-16-24(20-33)18-25(17-23)21-33/h2,4,6,23-25,28,34H,7-21H2,1H3,(H,36,40,41). The van der Waals surface area contributed by atoms with Crippen molar-refractivity contribution in [3.63, 3.8) is 0 Å². The molecule has 6 fully saturated rings. The first-order valence-electron chi connectivity index (χ1n) is 15.9. The smallest absolute Gasteiger partial charge is 0.263 e. The predicted molar refractivity (Wildman–Crippen MR) is 161 cm³/mol. The quantitative estimate of drug-likeness (QED) is 0.406. The number of aromatic nitrogens is 2. The lowest BCUT2D eigenvalue weighted by Gasteiger charge is -2.57. The monoisotopic (exact) mass is 570 g/mol. The van der Waals surface area contributed by atoms with Crippen molar-refractivity contribution in [1.82, 2.24) is 30.0 Å². The molecule has 1 unspecified atom stereocenters. The molecule has 9 nitrogen and oxygen atoms in total. The highest BCUT2D eigenvalue weighted by Crippen LogP contribution is 2.55. The van der Waals surface area contributed by atoms with E-state index in [2.05, 4.69) is 37.3 Å². The minimum Gasteiger partial charge on any atom is -0.310 e. The van der Waals surface area contributed by atoms with Crippen molar-refractivity contribution >= 4 is 22.7 Å². The average Bonchev–Trinajstić information content (AvgIpc) is 2.94. The van der Waals surface area contributed by atoms with Gasteiger partial charge in [-0.05, 0) is 81.8 Å². The van der Waals surface area contributed by atoms with Crippen LogP contribution >= 0.6 is 0 Å². The Hall–Kier alpha value is -3.06. The maximum Gasteiger partial charge on any atom is 0.263 e. The highest BCUT2D eigenvalue weighted by atomic mass is 16.2.